The monoisotopic (exact) mass is 352 g/mol. The number of hydrazone groups is 2. The number of hydrogen-bond acceptors (Lipinski definition) is 6. The van der Waals surface area contributed by atoms with E-state index in [1.165, 1.54) is 12.1 Å². The van der Waals surface area contributed by atoms with Gasteiger partial charge in [-0.3, -0.25) is 10.2 Å². The summed E-state index contributed by atoms with van der Waals surface area (Å²) in [5.74, 6) is -0.0319. The Bertz CT molecular complexity index is 888. The van der Waals surface area contributed by atoms with Crippen LogP contribution in [0.4, 0.5) is 5.69 Å². The smallest absolute Gasteiger partial charge is 0.240 e. The Kier molecular flexibility index (Phi) is 4.88. The lowest BCUT2D eigenvalue weighted by Gasteiger charge is -2.19. The molecule has 1 heterocycles. The highest BCUT2D eigenvalue weighted by atomic mass is 16.3. The summed E-state index contributed by atoms with van der Waals surface area (Å²) in [6.45, 7) is 3.73. The molecule has 0 bridgehead atoms. The highest BCUT2D eigenvalue weighted by molar-refractivity contribution is 6.06. The fourth-order valence-electron chi connectivity index (χ4n) is 2.75. The molecule has 1 atom stereocenters. The van der Waals surface area contributed by atoms with Gasteiger partial charge < -0.3 is 10.2 Å². The second kappa shape index (κ2) is 7.26. The maximum absolute atomic E-state index is 11.3. The van der Waals surface area contributed by atoms with Gasteiger partial charge in [-0.05, 0) is 36.8 Å². The molecule has 26 heavy (non-hydrogen) atoms. The van der Waals surface area contributed by atoms with Gasteiger partial charge in [0.25, 0.3) is 0 Å². The maximum Gasteiger partial charge on any atom is 0.240 e. The van der Waals surface area contributed by atoms with Crippen LogP contribution in [0.15, 0.2) is 52.7 Å². The zero-order chi connectivity index (χ0) is 18.7. The summed E-state index contributed by atoms with van der Waals surface area (Å²) in [6, 6.07) is 11.9. The number of rotatable bonds is 4. The SMILES string of the molecule is CC(=NNc1ccc(C2=NNC(=O)CC2C)cc1)c1ccc(O)cc1O. The molecule has 4 N–H and O–H groups in total. The molecule has 0 saturated carbocycles. The third-order valence-corrected chi connectivity index (χ3v) is 4.16. The fourth-order valence-corrected chi connectivity index (χ4v) is 2.75. The quantitative estimate of drug-likeness (QED) is 0.501. The molecule has 134 valence electrons. The van der Waals surface area contributed by atoms with Crippen LogP contribution < -0.4 is 10.9 Å². The third-order valence-electron chi connectivity index (χ3n) is 4.16. The van der Waals surface area contributed by atoms with Gasteiger partial charge in [-0.25, -0.2) is 5.43 Å². The fraction of sp³-hybridized carbons (Fsp3) is 0.211. The number of nitrogens with zero attached hydrogens (tertiary/aromatic N) is 2. The van der Waals surface area contributed by atoms with Crippen molar-refractivity contribution >= 4 is 23.0 Å². The summed E-state index contributed by atoms with van der Waals surface area (Å²) in [6.07, 6.45) is 0.429. The Morgan fingerprint density at radius 2 is 1.96 bits per heavy atom. The number of hydrogen-bond donors (Lipinski definition) is 4. The molecule has 7 nitrogen and oxygen atoms in total. The highest BCUT2D eigenvalue weighted by Crippen LogP contribution is 2.23. The highest BCUT2D eigenvalue weighted by Gasteiger charge is 2.21. The van der Waals surface area contributed by atoms with Crippen LogP contribution >= 0.6 is 0 Å². The number of carbonyl (C=O) groups is 1. The van der Waals surface area contributed by atoms with E-state index in [-0.39, 0.29) is 23.3 Å². The van der Waals surface area contributed by atoms with Gasteiger partial charge in [0.15, 0.2) is 0 Å². The molecule has 3 rings (SSSR count). The molecule has 0 aliphatic carbocycles. The summed E-state index contributed by atoms with van der Waals surface area (Å²) >= 11 is 0. The van der Waals surface area contributed by atoms with E-state index in [2.05, 4.69) is 21.1 Å². The van der Waals surface area contributed by atoms with E-state index in [9.17, 15) is 15.0 Å². The van der Waals surface area contributed by atoms with Crippen LogP contribution in [0.3, 0.4) is 0 Å². The second-order valence-corrected chi connectivity index (χ2v) is 6.23. The van der Waals surface area contributed by atoms with Gasteiger partial charge in [-0.1, -0.05) is 19.1 Å². The van der Waals surface area contributed by atoms with Crippen molar-refractivity contribution in [3.63, 3.8) is 0 Å². The van der Waals surface area contributed by atoms with E-state index in [0.29, 0.717) is 17.7 Å². The predicted octanol–water partition coefficient (Wildman–Crippen LogP) is 2.79. The molecule has 1 amide bonds. The zero-order valence-electron chi connectivity index (χ0n) is 14.5. The van der Waals surface area contributed by atoms with Crippen LogP contribution in [0.1, 0.15) is 31.4 Å². The zero-order valence-corrected chi connectivity index (χ0v) is 14.5. The number of carbonyl (C=O) groups excluding carboxylic acids is 1. The van der Waals surface area contributed by atoms with Crippen LogP contribution in [0.25, 0.3) is 0 Å². The van der Waals surface area contributed by atoms with Gasteiger partial charge in [0, 0.05) is 24.0 Å². The lowest BCUT2D eigenvalue weighted by molar-refractivity contribution is -0.121. The van der Waals surface area contributed by atoms with E-state index >= 15 is 0 Å². The van der Waals surface area contributed by atoms with Gasteiger partial charge in [0.2, 0.25) is 5.91 Å². The van der Waals surface area contributed by atoms with Gasteiger partial charge in [0.05, 0.1) is 17.1 Å². The first-order valence-electron chi connectivity index (χ1n) is 8.23. The largest absolute Gasteiger partial charge is 0.508 e. The summed E-state index contributed by atoms with van der Waals surface area (Å²) in [5.41, 5.74) is 9.14. The van der Waals surface area contributed by atoms with E-state index in [0.717, 1.165) is 17.0 Å². The first-order valence-corrected chi connectivity index (χ1v) is 8.23. The Morgan fingerprint density at radius 1 is 1.23 bits per heavy atom. The standard InChI is InChI=1S/C19H20N4O3/c1-11-9-18(26)22-23-19(11)13-3-5-14(6-4-13)21-20-12(2)16-8-7-15(24)10-17(16)25/h3-8,10-11,21,24-25H,9H2,1-2H3,(H,22,26). The topological polar surface area (TPSA) is 106 Å². The average molecular weight is 352 g/mol. The van der Waals surface area contributed by atoms with Gasteiger partial charge in [0.1, 0.15) is 11.5 Å². The van der Waals surface area contributed by atoms with Crippen LogP contribution in [0, 0.1) is 5.92 Å². The van der Waals surface area contributed by atoms with Crippen LogP contribution in [0.2, 0.25) is 0 Å². The van der Waals surface area contributed by atoms with Crippen molar-refractivity contribution < 1.29 is 15.0 Å². The number of phenolic OH excluding ortho intramolecular Hbond substituents is 2. The van der Waals surface area contributed by atoms with E-state index in [1.54, 1.807) is 13.0 Å². The van der Waals surface area contributed by atoms with Gasteiger partial charge >= 0.3 is 0 Å². The number of benzene rings is 2. The first kappa shape index (κ1) is 17.5. The van der Waals surface area contributed by atoms with Crippen molar-refractivity contribution in [2.24, 2.45) is 16.1 Å². The predicted molar refractivity (Wildman–Crippen MR) is 101 cm³/mol. The molecule has 1 unspecified atom stereocenters. The van der Waals surface area contributed by atoms with Gasteiger partial charge in [-0.2, -0.15) is 10.2 Å². The van der Waals surface area contributed by atoms with Crippen molar-refractivity contribution in [2.75, 3.05) is 5.43 Å². The van der Waals surface area contributed by atoms with E-state index < -0.39 is 0 Å². The molecule has 7 heteroatoms. The molecule has 1 aliphatic heterocycles. The molecule has 1 aliphatic rings. The Balaban J connectivity index is 1.72. The number of anilines is 1. The maximum atomic E-state index is 11.3. The van der Waals surface area contributed by atoms with Crippen LogP contribution in [-0.4, -0.2) is 27.5 Å². The molecule has 0 fully saturated rings. The molecular formula is C19H20N4O3. The van der Waals surface area contributed by atoms with Gasteiger partial charge in [-0.15, -0.1) is 0 Å². The number of amides is 1. The van der Waals surface area contributed by atoms with Crippen molar-refractivity contribution in [3.8, 4) is 11.5 Å². The number of nitrogens with one attached hydrogen (secondary N) is 2. The average Bonchev–Trinajstić information content (AvgIpc) is 2.60. The second-order valence-electron chi connectivity index (χ2n) is 6.23. The Labute approximate surface area is 151 Å². The molecule has 2 aromatic rings. The lowest BCUT2D eigenvalue weighted by Crippen LogP contribution is -2.31. The normalized spacial score (nSPS) is 17.5. The first-order chi connectivity index (χ1) is 12.4. The summed E-state index contributed by atoms with van der Waals surface area (Å²) in [5, 5.41) is 27.6. The Morgan fingerprint density at radius 3 is 2.62 bits per heavy atom. The summed E-state index contributed by atoms with van der Waals surface area (Å²) < 4.78 is 0. The minimum Gasteiger partial charge on any atom is -0.508 e. The number of aromatic hydroxyl groups is 2. The van der Waals surface area contributed by atoms with Crippen LogP contribution in [0.5, 0.6) is 11.5 Å². The number of phenols is 2. The molecule has 0 saturated heterocycles. The van der Waals surface area contributed by atoms with Crippen molar-refractivity contribution in [1.82, 2.24) is 5.43 Å². The Hall–Kier alpha value is -3.35. The lowest BCUT2D eigenvalue weighted by atomic mass is 9.94. The molecule has 0 aromatic heterocycles. The third kappa shape index (κ3) is 3.83. The van der Waals surface area contributed by atoms with E-state index in [1.807, 2.05) is 31.2 Å². The van der Waals surface area contributed by atoms with E-state index in [4.69, 9.17) is 0 Å². The van der Waals surface area contributed by atoms with Crippen LogP contribution in [-0.2, 0) is 4.79 Å². The summed E-state index contributed by atoms with van der Waals surface area (Å²) in [7, 11) is 0. The molecule has 0 spiro atoms. The minimum absolute atomic E-state index is 0.00126. The van der Waals surface area contributed by atoms with Crippen molar-refractivity contribution in [1.29, 1.82) is 0 Å². The molecule has 0 radical (unpaired) electrons. The summed E-state index contributed by atoms with van der Waals surface area (Å²) in [4.78, 5) is 11.3. The molecular weight excluding hydrogens is 332 g/mol. The molecule has 2 aromatic carbocycles. The minimum atomic E-state index is -0.0677. The van der Waals surface area contributed by atoms with Crippen molar-refractivity contribution in [3.05, 3.63) is 53.6 Å². The van der Waals surface area contributed by atoms with Crippen molar-refractivity contribution in [2.45, 2.75) is 20.3 Å².